The van der Waals surface area contributed by atoms with Crippen LogP contribution in [-0.4, -0.2) is 57.7 Å². The number of para-hydroxylation sites is 1. The largest absolute Gasteiger partial charge is 0.379 e. The second kappa shape index (κ2) is 6.74. The van der Waals surface area contributed by atoms with E-state index in [2.05, 4.69) is 9.88 Å². The average molecular weight is 359 g/mol. The third kappa shape index (κ3) is 3.15. The number of benzene rings is 1. The van der Waals surface area contributed by atoms with Crippen LogP contribution in [0.5, 0.6) is 0 Å². The Balaban J connectivity index is 1.64. The molecule has 0 radical (unpaired) electrons. The fourth-order valence-electron chi connectivity index (χ4n) is 3.56. The minimum atomic E-state index is -3.60. The van der Waals surface area contributed by atoms with Crippen molar-refractivity contribution in [1.29, 1.82) is 0 Å². The van der Waals surface area contributed by atoms with Crippen LogP contribution in [0.25, 0.3) is 0 Å². The molecule has 3 heterocycles. The van der Waals surface area contributed by atoms with E-state index >= 15 is 0 Å². The van der Waals surface area contributed by atoms with E-state index in [-0.39, 0.29) is 10.8 Å². The maximum atomic E-state index is 13.1. The Kier molecular flexibility index (Phi) is 4.45. The molecule has 0 bridgehead atoms. The van der Waals surface area contributed by atoms with Crippen LogP contribution in [0.15, 0.2) is 53.7 Å². The molecular formula is C18H21N3O3S. The standard InChI is InChI=1S/C18H21N3O3S/c22-25(23,16-4-3-7-19-12-16)21-14-15(13-20-8-10-24-11-9-20)17-5-1-2-6-18(17)21/h1-7,12,15H,8-11,13-14H2. The van der Waals surface area contributed by atoms with E-state index < -0.39 is 10.0 Å². The number of sulfonamides is 1. The Hall–Kier alpha value is -1.96. The highest BCUT2D eigenvalue weighted by Gasteiger charge is 2.37. The molecule has 25 heavy (non-hydrogen) atoms. The molecule has 2 aliphatic heterocycles. The molecule has 4 rings (SSSR count). The van der Waals surface area contributed by atoms with Crippen LogP contribution >= 0.6 is 0 Å². The lowest BCUT2D eigenvalue weighted by molar-refractivity contribution is 0.0357. The van der Waals surface area contributed by atoms with Crippen LogP contribution < -0.4 is 4.31 Å². The van der Waals surface area contributed by atoms with Gasteiger partial charge in [0.15, 0.2) is 0 Å². The van der Waals surface area contributed by atoms with Crippen molar-refractivity contribution < 1.29 is 13.2 Å². The zero-order valence-electron chi connectivity index (χ0n) is 13.9. The molecule has 0 amide bonds. The lowest BCUT2D eigenvalue weighted by Gasteiger charge is -2.29. The number of aromatic nitrogens is 1. The summed E-state index contributed by atoms with van der Waals surface area (Å²) < 4.78 is 33.1. The first-order valence-electron chi connectivity index (χ1n) is 8.48. The minimum Gasteiger partial charge on any atom is -0.379 e. The normalized spacial score (nSPS) is 21.3. The topological polar surface area (TPSA) is 62.7 Å². The summed E-state index contributed by atoms with van der Waals surface area (Å²) in [5, 5.41) is 0. The number of hydrogen-bond acceptors (Lipinski definition) is 5. The van der Waals surface area contributed by atoms with Gasteiger partial charge in [-0.05, 0) is 23.8 Å². The second-order valence-corrected chi connectivity index (χ2v) is 8.26. The molecule has 2 aliphatic rings. The Labute approximate surface area is 148 Å². The van der Waals surface area contributed by atoms with Crippen molar-refractivity contribution in [2.75, 3.05) is 43.7 Å². The Morgan fingerprint density at radius 3 is 2.68 bits per heavy atom. The SMILES string of the molecule is O=S(=O)(c1cccnc1)N1CC(CN2CCOCC2)c2ccccc21. The quantitative estimate of drug-likeness (QED) is 0.832. The van der Waals surface area contributed by atoms with Gasteiger partial charge in [-0.3, -0.25) is 14.2 Å². The van der Waals surface area contributed by atoms with E-state index in [0.717, 1.165) is 44.1 Å². The zero-order chi connectivity index (χ0) is 17.3. The summed E-state index contributed by atoms with van der Waals surface area (Å²) in [6, 6.07) is 11.1. The van der Waals surface area contributed by atoms with Gasteiger partial charge in [-0.1, -0.05) is 18.2 Å². The molecule has 2 aromatic rings. The van der Waals surface area contributed by atoms with Crippen molar-refractivity contribution in [2.24, 2.45) is 0 Å². The summed E-state index contributed by atoms with van der Waals surface area (Å²) in [6.45, 7) is 4.59. The Morgan fingerprint density at radius 2 is 1.92 bits per heavy atom. The van der Waals surface area contributed by atoms with Crippen LogP contribution in [0.3, 0.4) is 0 Å². The molecule has 1 fully saturated rings. The van der Waals surface area contributed by atoms with Gasteiger partial charge in [-0.25, -0.2) is 8.42 Å². The predicted octanol–water partition coefficient (Wildman–Crippen LogP) is 1.71. The van der Waals surface area contributed by atoms with Gasteiger partial charge in [-0.2, -0.15) is 0 Å². The number of morpholine rings is 1. The fourth-order valence-corrected chi connectivity index (χ4v) is 5.06. The van der Waals surface area contributed by atoms with Crippen LogP contribution in [0.1, 0.15) is 11.5 Å². The first kappa shape index (κ1) is 16.5. The number of rotatable bonds is 4. The van der Waals surface area contributed by atoms with E-state index in [4.69, 9.17) is 4.74 Å². The maximum Gasteiger partial charge on any atom is 0.265 e. The molecule has 1 aromatic carbocycles. The predicted molar refractivity (Wildman–Crippen MR) is 95.2 cm³/mol. The van der Waals surface area contributed by atoms with Crippen LogP contribution in [0.2, 0.25) is 0 Å². The lowest BCUT2D eigenvalue weighted by Crippen LogP contribution is -2.40. The van der Waals surface area contributed by atoms with Crippen LogP contribution in [-0.2, 0) is 14.8 Å². The summed E-state index contributed by atoms with van der Waals surface area (Å²) in [7, 11) is -3.60. The van der Waals surface area contributed by atoms with E-state index in [1.165, 1.54) is 10.5 Å². The number of nitrogens with zero attached hydrogens (tertiary/aromatic N) is 3. The highest BCUT2D eigenvalue weighted by Crippen LogP contribution is 2.39. The van der Waals surface area contributed by atoms with Gasteiger partial charge in [0.25, 0.3) is 10.0 Å². The van der Waals surface area contributed by atoms with Crippen molar-refractivity contribution in [3.8, 4) is 0 Å². The fraction of sp³-hybridized carbons (Fsp3) is 0.389. The van der Waals surface area contributed by atoms with Gasteiger partial charge in [-0.15, -0.1) is 0 Å². The maximum absolute atomic E-state index is 13.1. The van der Waals surface area contributed by atoms with E-state index in [0.29, 0.717) is 6.54 Å². The number of pyridine rings is 1. The highest BCUT2D eigenvalue weighted by atomic mass is 32.2. The van der Waals surface area contributed by atoms with Crippen molar-refractivity contribution in [3.63, 3.8) is 0 Å². The summed E-state index contributed by atoms with van der Waals surface area (Å²) in [5.41, 5.74) is 1.88. The molecule has 0 N–H and O–H groups in total. The second-order valence-electron chi connectivity index (χ2n) is 6.39. The third-order valence-corrected chi connectivity index (χ3v) is 6.60. The molecule has 1 atom stereocenters. The Morgan fingerprint density at radius 1 is 1.12 bits per heavy atom. The molecule has 1 aromatic heterocycles. The van der Waals surface area contributed by atoms with Crippen molar-refractivity contribution in [3.05, 3.63) is 54.4 Å². The lowest BCUT2D eigenvalue weighted by atomic mass is 10.0. The number of ether oxygens (including phenoxy) is 1. The summed E-state index contributed by atoms with van der Waals surface area (Å²) in [4.78, 5) is 6.55. The van der Waals surface area contributed by atoms with Crippen LogP contribution in [0, 0.1) is 0 Å². The Bertz CT molecular complexity index is 836. The van der Waals surface area contributed by atoms with Crippen molar-refractivity contribution in [2.45, 2.75) is 10.8 Å². The summed E-state index contributed by atoms with van der Waals surface area (Å²) in [6.07, 6.45) is 2.99. The molecule has 7 heteroatoms. The molecule has 1 unspecified atom stereocenters. The zero-order valence-corrected chi connectivity index (χ0v) is 14.7. The first-order valence-corrected chi connectivity index (χ1v) is 9.92. The average Bonchev–Trinajstić information content (AvgIpc) is 3.03. The van der Waals surface area contributed by atoms with Gasteiger partial charge >= 0.3 is 0 Å². The summed E-state index contributed by atoms with van der Waals surface area (Å²) >= 11 is 0. The number of fused-ring (bicyclic) bond motifs is 1. The van der Waals surface area contributed by atoms with E-state index in [1.54, 1.807) is 18.3 Å². The van der Waals surface area contributed by atoms with Gasteiger partial charge in [0.2, 0.25) is 0 Å². The molecular weight excluding hydrogens is 338 g/mol. The van der Waals surface area contributed by atoms with Crippen LogP contribution in [0.4, 0.5) is 5.69 Å². The molecule has 132 valence electrons. The minimum absolute atomic E-state index is 0.167. The third-order valence-electron chi connectivity index (χ3n) is 4.84. The van der Waals surface area contributed by atoms with Gasteiger partial charge < -0.3 is 4.74 Å². The molecule has 0 saturated carbocycles. The highest BCUT2D eigenvalue weighted by molar-refractivity contribution is 7.92. The molecule has 6 nitrogen and oxygen atoms in total. The van der Waals surface area contributed by atoms with Gasteiger partial charge in [0.1, 0.15) is 4.90 Å². The summed E-state index contributed by atoms with van der Waals surface area (Å²) in [5.74, 6) is 0.167. The van der Waals surface area contributed by atoms with Crippen molar-refractivity contribution >= 4 is 15.7 Å². The smallest absolute Gasteiger partial charge is 0.265 e. The number of hydrogen-bond donors (Lipinski definition) is 0. The monoisotopic (exact) mass is 359 g/mol. The van der Waals surface area contributed by atoms with Crippen molar-refractivity contribution in [1.82, 2.24) is 9.88 Å². The van der Waals surface area contributed by atoms with Gasteiger partial charge in [0.05, 0.1) is 18.9 Å². The number of anilines is 1. The molecule has 0 aliphatic carbocycles. The molecule has 1 saturated heterocycles. The molecule has 0 spiro atoms. The first-order chi connectivity index (χ1) is 12.2. The van der Waals surface area contributed by atoms with Gasteiger partial charge in [0, 0.05) is 44.5 Å². The van der Waals surface area contributed by atoms with E-state index in [9.17, 15) is 8.42 Å². The van der Waals surface area contributed by atoms with E-state index in [1.807, 2.05) is 24.3 Å².